The number of amides is 1. The van der Waals surface area contributed by atoms with Crippen molar-refractivity contribution in [2.24, 2.45) is 0 Å². The van der Waals surface area contributed by atoms with Crippen LogP contribution in [-0.4, -0.2) is 17.4 Å². The molecule has 0 fully saturated rings. The van der Waals surface area contributed by atoms with Crippen LogP contribution in [0.2, 0.25) is 0 Å². The number of carbonyl (C=O) groups is 1. The number of hydrogen-bond acceptors (Lipinski definition) is 4. The van der Waals surface area contributed by atoms with Crippen LogP contribution in [0.5, 0.6) is 5.75 Å². The quantitative estimate of drug-likeness (QED) is 0.334. The van der Waals surface area contributed by atoms with Crippen molar-refractivity contribution in [1.82, 2.24) is 4.90 Å². The Kier molecular flexibility index (Phi) is 5.54. The lowest BCUT2D eigenvalue weighted by Crippen LogP contribution is -2.29. The zero-order valence-corrected chi connectivity index (χ0v) is 19.9. The molecular formula is C27H22BrNO4. The molecule has 3 aromatic carbocycles. The van der Waals surface area contributed by atoms with E-state index in [0.717, 1.165) is 26.9 Å². The number of hydrogen-bond donors (Lipinski definition) is 0. The van der Waals surface area contributed by atoms with Crippen LogP contribution in [0.3, 0.4) is 0 Å². The van der Waals surface area contributed by atoms with Gasteiger partial charge in [-0.3, -0.25) is 9.59 Å². The summed E-state index contributed by atoms with van der Waals surface area (Å²) in [5.41, 5.74) is 3.55. The summed E-state index contributed by atoms with van der Waals surface area (Å²) in [6.07, 6.45) is 0. The van der Waals surface area contributed by atoms with Gasteiger partial charge in [0.2, 0.25) is 5.76 Å². The van der Waals surface area contributed by atoms with Gasteiger partial charge in [0.05, 0.1) is 23.6 Å². The molecule has 0 saturated heterocycles. The Morgan fingerprint density at radius 2 is 1.73 bits per heavy atom. The summed E-state index contributed by atoms with van der Waals surface area (Å²) < 4.78 is 12.4. The van der Waals surface area contributed by atoms with E-state index in [-0.39, 0.29) is 17.1 Å². The predicted octanol–water partition coefficient (Wildman–Crippen LogP) is 6.01. The van der Waals surface area contributed by atoms with Gasteiger partial charge in [0.15, 0.2) is 5.43 Å². The number of fused-ring (bicyclic) bond motifs is 2. The van der Waals surface area contributed by atoms with Crippen molar-refractivity contribution in [3.63, 3.8) is 0 Å². The SMILES string of the molecule is CCOc1ccc(C2c3c(oc4ccc(Br)cc4c3=O)C(=O)N2Cc2ccc(C)cc2)cc1. The second-order valence-corrected chi connectivity index (χ2v) is 9.05. The van der Waals surface area contributed by atoms with E-state index in [0.29, 0.717) is 29.7 Å². The van der Waals surface area contributed by atoms with E-state index in [1.807, 2.05) is 62.4 Å². The molecule has 5 nitrogen and oxygen atoms in total. The monoisotopic (exact) mass is 503 g/mol. The van der Waals surface area contributed by atoms with E-state index in [1.165, 1.54) is 0 Å². The van der Waals surface area contributed by atoms with Crippen molar-refractivity contribution < 1.29 is 13.9 Å². The van der Waals surface area contributed by atoms with Crippen molar-refractivity contribution >= 4 is 32.8 Å². The Labute approximate surface area is 199 Å². The van der Waals surface area contributed by atoms with Crippen molar-refractivity contribution in [2.75, 3.05) is 6.61 Å². The maximum atomic E-state index is 13.6. The Hall–Kier alpha value is -3.38. The maximum Gasteiger partial charge on any atom is 0.291 e. The van der Waals surface area contributed by atoms with Gasteiger partial charge in [-0.05, 0) is 55.3 Å². The highest BCUT2D eigenvalue weighted by molar-refractivity contribution is 9.10. The average molecular weight is 504 g/mol. The van der Waals surface area contributed by atoms with E-state index >= 15 is 0 Å². The zero-order chi connectivity index (χ0) is 23.1. The van der Waals surface area contributed by atoms with Crippen LogP contribution in [0.15, 0.2) is 80.4 Å². The van der Waals surface area contributed by atoms with Crippen LogP contribution in [0, 0.1) is 6.92 Å². The predicted molar refractivity (Wildman–Crippen MR) is 131 cm³/mol. The average Bonchev–Trinajstić information content (AvgIpc) is 3.08. The molecule has 1 amide bonds. The molecule has 0 bridgehead atoms. The highest BCUT2D eigenvalue weighted by atomic mass is 79.9. The molecular weight excluding hydrogens is 482 g/mol. The van der Waals surface area contributed by atoms with Gasteiger partial charge in [-0.15, -0.1) is 0 Å². The lowest BCUT2D eigenvalue weighted by atomic mass is 9.98. The molecule has 1 aliphatic heterocycles. The van der Waals surface area contributed by atoms with Gasteiger partial charge >= 0.3 is 0 Å². The largest absolute Gasteiger partial charge is 0.494 e. The molecule has 1 aromatic heterocycles. The number of carbonyl (C=O) groups excluding carboxylic acids is 1. The molecule has 0 spiro atoms. The summed E-state index contributed by atoms with van der Waals surface area (Å²) >= 11 is 3.43. The fourth-order valence-corrected chi connectivity index (χ4v) is 4.67. The van der Waals surface area contributed by atoms with Crippen molar-refractivity contribution in [3.8, 4) is 5.75 Å². The van der Waals surface area contributed by atoms with Gasteiger partial charge < -0.3 is 14.1 Å². The van der Waals surface area contributed by atoms with Crippen LogP contribution < -0.4 is 10.2 Å². The van der Waals surface area contributed by atoms with Gasteiger partial charge in [-0.25, -0.2) is 0 Å². The molecule has 0 radical (unpaired) electrons. The van der Waals surface area contributed by atoms with Gasteiger partial charge in [0.25, 0.3) is 5.91 Å². The lowest BCUT2D eigenvalue weighted by Gasteiger charge is -2.25. The summed E-state index contributed by atoms with van der Waals surface area (Å²) in [5.74, 6) is 0.567. The van der Waals surface area contributed by atoms with E-state index in [9.17, 15) is 9.59 Å². The van der Waals surface area contributed by atoms with Gasteiger partial charge in [-0.1, -0.05) is 57.9 Å². The summed E-state index contributed by atoms with van der Waals surface area (Å²) in [6.45, 7) is 4.88. The van der Waals surface area contributed by atoms with Crippen molar-refractivity contribution in [3.05, 3.63) is 109 Å². The standard InChI is InChI=1S/C27H22BrNO4/c1-3-32-20-11-8-18(9-12-20)24-23-25(30)21-14-19(28)10-13-22(21)33-26(23)27(31)29(24)15-17-6-4-16(2)5-7-17/h4-14,24H,3,15H2,1-2H3. The van der Waals surface area contributed by atoms with Crippen molar-refractivity contribution in [2.45, 2.75) is 26.4 Å². The van der Waals surface area contributed by atoms with Gasteiger partial charge in [0.1, 0.15) is 11.3 Å². The molecule has 2 heterocycles. The van der Waals surface area contributed by atoms with E-state index in [1.54, 1.807) is 23.1 Å². The summed E-state index contributed by atoms with van der Waals surface area (Å²) in [5, 5.41) is 0.448. The Balaban J connectivity index is 1.68. The van der Waals surface area contributed by atoms with Gasteiger partial charge in [-0.2, -0.15) is 0 Å². The molecule has 166 valence electrons. The number of halogens is 1. The molecule has 0 saturated carbocycles. The molecule has 4 aromatic rings. The third-order valence-electron chi connectivity index (χ3n) is 5.91. The second-order valence-electron chi connectivity index (χ2n) is 8.14. The first-order chi connectivity index (χ1) is 16.0. The fraction of sp³-hybridized carbons (Fsp3) is 0.185. The number of ether oxygens (including phenoxy) is 1. The lowest BCUT2D eigenvalue weighted by molar-refractivity contribution is 0.0714. The zero-order valence-electron chi connectivity index (χ0n) is 18.3. The number of rotatable bonds is 5. The first-order valence-corrected chi connectivity index (χ1v) is 11.6. The normalized spacial score (nSPS) is 15.2. The number of nitrogens with zero attached hydrogens (tertiary/aromatic N) is 1. The molecule has 1 aliphatic rings. The molecule has 33 heavy (non-hydrogen) atoms. The Morgan fingerprint density at radius 3 is 2.42 bits per heavy atom. The fourth-order valence-electron chi connectivity index (χ4n) is 4.31. The molecule has 0 N–H and O–H groups in total. The molecule has 1 atom stereocenters. The highest BCUT2D eigenvalue weighted by Gasteiger charge is 2.42. The molecule has 1 unspecified atom stereocenters. The smallest absolute Gasteiger partial charge is 0.291 e. The van der Waals surface area contributed by atoms with Crippen LogP contribution in [0.25, 0.3) is 11.0 Å². The highest BCUT2D eigenvalue weighted by Crippen LogP contribution is 2.39. The topological polar surface area (TPSA) is 59.8 Å². The molecule has 0 aliphatic carbocycles. The minimum Gasteiger partial charge on any atom is -0.494 e. The van der Waals surface area contributed by atoms with E-state index < -0.39 is 6.04 Å². The van der Waals surface area contributed by atoms with Crippen LogP contribution in [0.4, 0.5) is 0 Å². The maximum absolute atomic E-state index is 13.6. The van der Waals surface area contributed by atoms with Gasteiger partial charge in [0, 0.05) is 11.0 Å². The third kappa shape index (κ3) is 3.85. The molecule has 6 heteroatoms. The number of aryl methyl sites for hydroxylation is 1. The Bertz CT molecular complexity index is 1410. The van der Waals surface area contributed by atoms with Crippen LogP contribution >= 0.6 is 15.9 Å². The van der Waals surface area contributed by atoms with Crippen LogP contribution in [0.1, 0.15) is 45.8 Å². The van der Waals surface area contributed by atoms with Crippen molar-refractivity contribution in [1.29, 1.82) is 0 Å². The first kappa shape index (κ1) is 21.5. The minimum absolute atomic E-state index is 0.112. The summed E-state index contributed by atoms with van der Waals surface area (Å²) in [7, 11) is 0. The minimum atomic E-state index is -0.552. The van der Waals surface area contributed by atoms with E-state index in [4.69, 9.17) is 9.15 Å². The number of benzene rings is 3. The summed E-state index contributed by atoms with van der Waals surface area (Å²) in [4.78, 5) is 28.9. The molecule has 5 rings (SSSR count). The van der Waals surface area contributed by atoms with Crippen LogP contribution in [-0.2, 0) is 6.54 Å². The Morgan fingerprint density at radius 1 is 1.00 bits per heavy atom. The summed E-state index contributed by atoms with van der Waals surface area (Å²) in [6, 6.07) is 20.3. The van der Waals surface area contributed by atoms with E-state index in [2.05, 4.69) is 15.9 Å². The second kappa shape index (κ2) is 8.52. The third-order valence-corrected chi connectivity index (χ3v) is 6.40. The first-order valence-electron chi connectivity index (χ1n) is 10.8.